The van der Waals surface area contributed by atoms with Gasteiger partial charge < -0.3 is 0 Å². The van der Waals surface area contributed by atoms with Crippen LogP contribution in [0.5, 0.6) is 0 Å². The van der Waals surface area contributed by atoms with Crippen LogP contribution in [-0.4, -0.2) is 22.0 Å². The molecule has 0 spiro atoms. The van der Waals surface area contributed by atoms with E-state index in [9.17, 15) is 29.4 Å². The highest BCUT2D eigenvalue weighted by atomic mass is 19.1. The molecule has 9 nitrogen and oxygen atoms in total. The number of carbonyl (C=O) groups is 1. The predicted molar refractivity (Wildman–Crippen MR) is 81.2 cm³/mol. The molecule has 0 saturated heterocycles. The zero-order chi connectivity index (χ0) is 17.7. The average molecular weight is 332 g/mol. The highest BCUT2D eigenvalue weighted by Crippen LogP contribution is 2.22. The molecule has 0 aliphatic carbocycles. The molecular weight excluding hydrogens is 323 g/mol. The van der Waals surface area contributed by atoms with Gasteiger partial charge in [0.05, 0.1) is 27.7 Å². The molecule has 122 valence electrons. The summed E-state index contributed by atoms with van der Waals surface area (Å²) in [5, 5.41) is 25.1. The van der Waals surface area contributed by atoms with Crippen LogP contribution >= 0.6 is 0 Å². The third-order valence-electron chi connectivity index (χ3n) is 2.84. The molecule has 0 heterocycles. The average Bonchev–Trinajstić information content (AvgIpc) is 2.56. The molecular formula is C14H9FN4O5. The Morgan fingerprint density at radius 1 is 1.04 bits per heavy atom. The van der Waals surface area contributed by atoms with E-state index < -0.39 is 32.9 Å². The Balaban J connectivity index is 2.18. The second kappa shape index (κ2) is 7.05. The number of nitrogens with zero attached hydrogens (tertiary/aromatic N) is 3. The van der Waals surface area contributed by atoms with Crippen LogP contribution in [0, 0.1) is 26.0 Å². The lowest BCUT2D eigenvalue weighted by molar-refractivity contribution is -0.394. The van der Waals surface area contributed by atoms with Gasteiger partial charge >= 0.3 is 0 Å². The number of hydrogen-bond acceptors (Lipinski definition) is 6. The number of amides is 1. The SMILES string of the molecule is O=C(N/N=C\c1ccc(F)cc1)c1cc([N+](=O)[O-])cc([N+](=O)[O-])c1. The molecule has 0 aromatic heterocycles. The molecule has 10 heteroatoms. The van der Waals surface area contributed by atoms with Gasteiger partial charge in [-0.1, -0.05) is 12.1 Å². The first-order valence-corrected chi connectivity index (χ1v) is 6.39. The molecule has 2 aromatic carbocycles. The highest BCUT2D eigenvalue weighted by Gasteiger charge is 2.19. The standard InChI is InChI=1S/C14H9FN4O5/c15-11-3-1-9(2-4-11)8-16-17-14(20)10-5-12(18(21)22)7-13(6-10)19(23)24/h1-8H,(H,17,20)/b16-8-. The highest BCUT2D eigenvalue weighted by molar-refractivity contribution is 5.96. The van der Waals surface area contributed by atoms with Crippen LogP contribution in [0.4, 0.5) is 15.8 Å². The third kappa shape index (κ3) is 4.16. The number of nitro benzene ring substituents is 2. The molecule has 1 N–H and O–H groups in total. The van der Waals surface area contributed by atoms with E-state index in [0.29, 0.717) is 5.56 Å². The van der Waals surface area contributed by atoms with Gasteiger partial charge in [0.2, 0.25) is 0 Å². The summed E-state index contributed by atoms with van der Waals surface area (Å²) in [7, 11) is 0. The van der Waals surface area contributed by atoms with Gasteiger partial charge in [0.25, 0.3) is 17.3 Å². The van der Waals surface area contributed by atoms with E-state index in [0.717, 1.165) is 18.2 Å². The number of nitrogens with one attached hydrogen (secondary N) is 1. The third-order valence-corrected chi connectivity index (χ3v) is 2.84. The molecule has 2 rings (SSSR count). The fraction of sp³-hybridized carbons (Fsp3) is 0. The molecule has 0 unspecified atom stereocenters. The molecule has 0 atom stereocenters. The van der Waals surface area contributed by atoms with Gasteiger partial charge in [0.1, 0.15) is 5.82 Å². The number of nitro groups is 2. The van der Waals surface area contributed by atoms with Crippen LogP contribution in [0.1, 0.15) is 15.9 Å². The lowest BCUT2D eigenvalue weighted by Crippen LogP contribution is -2.18. The first-order chi connectivity index (χ1) is 11.4. The Kier molecular flexibility index (Phi) is 4.90. The lowest BCUT2D eigenvalue weighted by Gasteiger charge is -2.01. The van der Waals surface area contributed by atoms with Crippen LogP contribution < -0.4 is 5.43 Å². The summed E-state index contributed by atoms with van der Waals surface area (Å²) in [6, 6.07) is 7.79. The zero-order valence-corrected chi connectivity index (χ0v) is 11.9. The summed E-state index contributed by atoms with van der Waals surface area (Å²) in [5.41, 5.74) is 1.13. The monoisotopic (exact) mass is 332 g/mol. The van der Waals surface area contributed by atoms with E-state index in [1.807, 2.05) is 0 Å². The van der Waals surface area contributed by atoms with Gasteiger partial charge in [0.15, 0.2) is 0 Å². The van der Waals surface area contributed by atoms with Crippen molar-refractivity contribution in [1.29, 1.82) is 0 Å². The van der Waals surface area contributed by atoms with E-state index in [2.05, 4.69) is 10.5 Å². The topological polar surface area (TPSA) is 128 Å². The zero-order valence-electron chi connectivity index (χ0n) is 11.9. The molecule has 0 saturated carbocycles. The van der Waals surface area contributed by atoms with Gasteiger partial charge in [-0.15, -0.1) is 0 Å². The van der Waals surface area contributed by atoms with Crippen LogP contribution in [0.15, 0.2) is 47.6 Å². The summed E-state index contributed by atoms with van der Waals surface area (Å²) in [4.78, 5) is 31.8. The van der Waals surface area contributed by atoms with E-state index in [-0.39, 0.29) is 5.56 Å². The lowest BCUT2D eigenvalue weighted by atomic mass is 10.1. The molecule has 0 aliphatic heterocycles. The number of hydrogen-bond donors (Lipinski definition) is 1. The van der Waals surface area contributed by atoms with Crippen molar-refractivity contribution in [3.63, 3.8) is 0 Å². The molecule has 0 bridgehead atoms. The predicted octanol–water partition coefficient (Wildman–Crippen LogP) is 2.41. The summed E-state index contributed by atoms with van der Waals surface area (Å²) in [5.74, 6) is -1.29. The largest absolute Gasteiger partial charge is 0.277 e. The van der Waals surface area contributed by atoms with Gasteiger partial charge in [-0.2, -0.15) is 5.10 Å². The van der Waals surface area contributed by atoms with Gasteiger partial charge in [-0.3, -0.25) is 25.0 Å². The van der Waals surface area contributed by atoms with Gasteiger partial charge in [-0.05, 0) is 17.7 Å². The van der Waals surface area contributed by atoms with Crippen molar-refractivity contribution in [2.45, 2.75) is 0 Å². The van der Waals surface area contributed by atoms with Crippen molar-refractivity contribution in [2.75, 3.05) is 0 Å². The van der Waals surface area contributed by atoms with Crippen molar-refractivity contribution >= 4 is 23.5 Å². The van der Waals surface area contributed by atoms with Crippen LogP contribution in [0.25, 0.3) is 0 Å². The maximum atomic E-state index is 12.7. The van der Waals surface area contributed by atoms with Crippen molar-refractivity contribution in [3.8, 4) is 0 Å². The number of non-ortho nitro benzene ring substituents is 2. The van der Waals surface area contributed by atoms with Crippen molar-refractivity contribution in [1.82, 2.24) is 5.43 Å². The van der Waals surface area contributed by atoms with Crippen LogP contribution in [0.2, 0.25) is 0 Å². The summed E-state index contributed by atoms with van der Waals surface area (Å²) < 4.78 is 12.7. The minimum absolute atomic E-state index is 0.285. The Labute approximate surface area is 133 Å². The first kappa shape index (κ1) is 16.7. The van der Waals surface area contributed by atoms with Crippen molar-refractivity contribution in [3.05, 3.63) is 79.6 Å². The number of halogens is 1. The second-order valence-corrected chi connectivity index (χ2v) is 4.50. The molecule has 2 aromatic rings. The van der Waals surface area contributed by atoms with E-state index in [4.69, 9.17) is 0 Å². The number of carbonyl (C=O) groups excluding carboxylic acids is 1. The quantitative estimate of drug-likeness (QED) is 0.511. The Morgan fingerprint density at radius 3 is 2.08 bits per heavy atom. The molecule has 0 fully saturated rings. The van der Waals surface area contributed by atoms with Crippen LogP contribution in [-0.2, 0) is 0 Å². The van der Waals surface area contributed by atoms with E-state index in [1.165, 1.54) is 30.5 Å². The molecule has 24 heavy (non-hydrogen) atoms. The molecule has 1 amide bonds. The second-order valence-electron chi connectivity index (χ2n) is 4.50. The summed E-state index contributed by atoms with van der Waals surface area (Å²) in [6.07, 6.45) is 1.23. The molecule has 0 radical (unpaired) electrons. The maximum absolute atomic E-state index is 12.7. The van der Waals surface area contributed by atoms with Crippen molar-refractivity contribution < 1.29 is 19.0 Å². The Morgan fingerprint density at radius 2 is 1.58 bits per heavy atom. The fourth-order valence-corrected chi connectivity index (χ4v) is 1.72. The summed E-state index contributed by atoms with van der Waals surface area (Å²) in [6.45, 7) is 0. The minimum atomic E-state index is -0.861. The Bertz CT molecular complexity index is 803. The first-order valence-electron chi connectivity index (χ1n) is 6.39. The number of benzene rings is 2. The summed E-state index contributed by atoms with van der Waals surface area (Å²) >= 11 is 0. The number of hydrazone groups is 1. The Hall–Kier alpha value is -3.69. The maximum Gasteiger partial charge on any atom is 0.277 e. The van der Waals surface area contributed by atoms with Crippen LogP contribution in [0.3, 0.4) is 0 Å². The normalized spacial score (nSPS) is 10.5. The minimum Gasteiger partial charge on any atom is -0.267 e. The van der Waals surface area contributed by atoms with Crippen molar-refractivity contribution in [2.24, 2.45) is 5.10 Å². The molecule has 0 aliphatic rings. The smallest absolute Gasteiger partial charge is 0.267 e. The van der Waals surface area contributed by atoms with Gasteiger partial charge in [0, 0.05) is 12.1 Å². The number of rotatable bonds is 5. The van der Waals surface area contributed by atoms with E-state index >= 15 is 0 Å². The van der Waals surface area contributed by atoms with E-state index in [1.54, 1.807) is 0 Å². The van der Waals surface area contributed by atoms with Gasteiger partial charge in [-0.25, -0.2) is 9.82 Å². The fourth-order valence-electron chi connectivity index (χ4n) is 1.72.